The first-order valence-corrected chi connectivity index (χ1v) is 8.12. The van der Waals surface area contributed by atoms with Crippen molar-refractivity contribution in [2.45, 2.75) is 12.5 Å². The van der Waals surface area contributed by atoms with Gasteiger partial charge in [0.25, 0.3) is 0 Å². The second-order valence-electron chi connectivity index (χ2n) is 4.55. The van der Waals surface area contributed by atoms with Crippen molar-refractivity contribution in [1.82, 2.24) is 5.32 Å². The largest absolute Gasteiger partial charge is 0.493 e. The van der Waals surface area contributed by atoms with Gasteiger partial charge in [-0.25, -0.2) is 8.42 Å². The van der Waals surface area contributed by atoms with E-state index in [2.05, 4.69) is 5.32 Å². The Bertz CT molecular complexity index is 515. The molecule has 1 atom stereocenters. The Morgan fingerprint density at radius 3 is 2.68 bits per heavy atom. The highest BCUT2D eigenvalue weighted by Crippen LogP contribution is 2.25. The van der Waals surface area contributed by atoms with Gasteiger partial charge in [0.15, 0.2) is 21.3 Å². The Hall–Kier alpha value is -1.27. The van der Waals surface area contributed by atoms with Gasteiger partial charge in [0, 0.05) is 12.6 Å². The van der Waals surface area contributed by atoms with Crippen molar-refractivity contribution in [1.29, 1.82) is 0 Å². The molecule has 1 aliphatic heterocycles. The molecule has 1 unspecified atom stereocenters. The first kappa shape index (κ1) is 14.1. The van der Waals surface area contributed by atoms with E-state index in [9.17, 15) is 8.42 Å². The Morgan fingerprint density at radius 1 is 1.32 bits per heavy atom. The standard InChI is InChI=1S/C13H19NO4S/c1-17-12-4-2-3-5-13(12)18-8-7-14-11-6-9-19(15,16)10-11/h2-5,11,14H,6-10H2,1H3. The minimum atomic E-state index is -2.82. The highest BCUT2D eigenvalue weighted by molar-refractivity contribution is 7.91. The van der Waals surface area contributed by atoms with Gasteiger partial charge in [0.1, 0.15) is 6.61 Å². The maximum absolute atomic E-state index is 11.3. The summed E-state index contributed by atoms with van der Waals surface area (Å²) in [7, 11) is -1.22. The minimum Gasteiger partial charge on any atom is -0.493 e. The van der Waals surface area contributed by atoms with E-state index in [1.807, 2.05) is 24.3 Å². The summed E-state index contributed by atoms with van der Waals surface area (Å²) in [6.07, 6.45) is 0.691. The van der Waals surface area contributed by atoms with Crippen molar-refractivity contribution in [2.75, 3.05) is 31.8 Å². The molecule has 5 nitrogen and oxygen atoms in total. The van der Waals surface area contributed by atoms with Crippen LogP contribution in [-0.4, -0.2) is 46.2 Å². The van der Waals surface area contributed by atoms with E-state index in [1.165, 1.54) is 0 Å². The molecule has 0 aromatic heterocycles. The van der Waals surface area contributed by atoms with Crippen LogP contribution < -0.4 is 14.8 Å². The number of hydrogen-bond acceptors (Lipinski definition) is 5. The Morgan fingerprint density at radius 2 is 2.05 bits per heavy atom. The van der Waals surface area contributed by atoms with Crippen molar-refractivity contribution in [2.24, 2.45) is 0 Å². The molecule has 2 rings (SSSR count). The Kier molecular flexibility index (Phi) is 4.66. The lowest BCUT2D eigenvalue weighted by Crippen LogP contribution is -2.33. The molecule has 19 heavy (non-hydrogen) atoms. The summed E-state index contributed by atoms with van der Waals surface area (Å²) in [5.74, 6) is 1.93. The normalized spacial score (nSPS) is 21.2. The molecule has 6 heteroatoms. The maximum Gasteiger partial charge on any atom is 0.161 e. The number of nitrogens with one attached hydrogen (secondary N) is 1. The molecule has 0 saturated carbocycles. The van der Waals surface area contributed by atoms with E-state index in [4.69, 9.17) is 9.47 Å². The van der Waals surface area contributed by atoms with Crippen LogP contribution in [0.5, 0.6) is 11.5 Å². The van der Waals surface area contributed by atoms with Gasteiger partial charge in [-0.1, -0.05) is 12.1 Å². The van der Waals surface area contributed by atoms with Crippen LogP contribution in [0.1, 0.15) is 6.42 Å². The lowest BCUT2D eigenvalue weighted by atomic mass is 10.3. The molecule has 0 spiro atoms. The van der Waals surface area contributed by atoms with Gasteiger partial charge in [0.05, 0.1) is 18.6 Å². The number of ether oxygens (including phenoxy) is 2. The fraction of sp³-hybridized carbons (Fsp3) is 0.538. The summed E-state index contributed by atoms with van der Waals surface area (Å²) in [4.78, 5) is 0. The molecule has 1 aliphatic rings. The third-order valence-corrected chi connectivity index (χ3v) is 4.86. The van der Waals surface area contributed by atoms with Gasteiger partial charge in [-0.2, -0.15) is 0 Å². The predicted molar refractivity (Wildman–Crippen MR) is 73.6 cm³/mol. The second kappa shape index (κ2) is 6.25. The number of para-hydroxylation sites is 2. The van der Waals surface area contributed by atoms with Gasteiger partial charge in [-0.3, -0.25) is 0 Å². The average Bonchev–Trinajstić information content (AvgIpc) is 2.75. The zero-order valence-corrected chi connectivity index (χ0v) is 11.8. The van der Waals surface area contributed by atoms with E-state index in [0.29, 0.717) is 31.1 Å². The molecular weight excluding hydrogens is 266 g/mol. The van der Waals surface area contributed by atoms with Crippen molar-refractivity contribution in [3.8, 4) is 11.5 Å². The first-order valence-electron chi connectivity index (χ1n) is 6.30. The molecule has 1 aromatic carbocycles. The quantitative estimate of drug-likeness (QED) is 0.785. The van der Waals surface area contributed by atoms with Crippen molar-refractivity contribution < 1.29 is 17.9 Å². The third-order valence-electron chi connectivity index (χ3n) is 3.09. The fourth-order valence-corrected chi connectivity index (χ4v) is 3.83. The van der Waals surface area contributed by atoms with E-state index in [-0.39, 0.29) is 17.5 Å². The SMILES string of the molecule is COc1ccccc1OCCNC1CCS(=O)(=O)C1. The zero-order chi connectivity index (χ0) is 13.7. The van der Waals surface area contributed by atoms with Crippen LogP contribution in [0.15, 0.2) is 24.3 Å². The van der Waals surface area contributed by atoms with Gasteiger partial charge < -0.3 is 14.8 Å². The zero-order valence-electron chi connectivity index (χ0n) is 11.0. The predicted octanol–water partition coefficient (Wildman–Crippen LogP) is 0.851. The first-order chi connectivity index (χ1) is 9.11. The molecule has 1 aromatic rings. The Balaban J connectivity index is 1.72. The Labute approximate surface area is 113 Å². The molecule has 1 heterocycles. The van der Waals surface area contributed by atoms with Crippen LogP contribution in [0.2, 0.25) is 0 Å². The van der Waals surface area contributed by atoms with Crippen LogP contribution in [0.4, 0.5) is 0 Å². The smallest absolute Gasteiger partial charge is 0.161 e. The van der Waals surface area contributed by atoms with E-state index < -0.39 is 9.84 Å². The van der Waals surface area contributed by atoms with Gasteiger partial charge in [0.2, 0.25) is 0 Å². The molecule has 1 N–H and O–H groups in total. The molecule has 0 amide bonds. The van der Waals surface area contributed by atoms with Crippen LogP contribution >= 0.6 is 0 Å². The van der Waals surface area contributed by atoms with E-state index in [1.54, 1.807) is 7.11 Å². The van der Waals surface area contributed by atoms with E-state index in [0.717, 1.165) is 0 Å². The molecule has 1 fully saturated rings. The van der Waals surface area contributed by atoms with Gasteiger partial charge >= 0.3 is 0 Å². The number of sulfone groups is 1. The number of rotatable bonds is 6. The van der Waals surface area contributed by atoms with Crippen molar-refractivity contribution >= 4 is 9.84 Å². The molecule has 1 saturated heterocycles. The minimum absolute atomic E-state index is 0.0614. The topological polar surface area (TPSA) is 64.6 Å². The summed E-state index contributed by atoms with van der Waals surface area (Å²) < 4.78 is 33.4. The highest BCUT2D eigenvalue weighted by Gasteiger charge is 2.27. The molecular formula is C13H19NO4S. The van der Waals surface area contributed by atoms with Gasteiger partial charge in [-0.05, 0) is 18.6 Å². The number of hydrogen-bond donors (Lipinski definition) is 1. The molecule has 0 radical (unpaired) electrons. The third kappa shape index (κ3) is 4.11. The lowest BCUT2D eigenvalue weighted by molar-refractivity contribution is 0.288. The lowest BCUT2D eigenvalue weighted by Gasteiger charge is -2.13. The monoisotopic (exact) mass is 285 g/mol. The summed E-state index contributed by atoms with van der Waals surface area (Å²) in [6, 6.07) is 7.51. The van der Waals surface area contributed by atoms with Gasteiger partial charge in [-0.15, -0.1) is 0 Å². The van der Waals surface area contributed by atoms with Crippen molar-refractivity contribution in [3.63, 3.8) is 0 Å². The maximum atomic E-state index is 11.3. The summed E-state index contributed by atoms with van der Waals surface area (Å²) in [5, 5.41) is 3.20. The summed E-state index contributed by atoms with van der Waals surface area (Å²) in [5.41, 5.74) is 0. The summed E-state index contributed by atoms with van der Waals surface area (Å²) >= 11 is 0. The molecule has 106 valence electrons. The fourth-order valence-electron chi connectivity index (χ4n) is 2.12. The molecule has 0 aliphatic carbocycles. The average molecular weight is 285 g/mol. The number of benzene rings is 1. The second-order valence-corrected chi connectivity index (χ2v) is 6.78. The van der Waals surface area contributed by atoms with E-state index >= 15 is 0 Å². The highest BCUT2D eigenvalue weighted by atomic mass is 32.2. The molecule has 0 bridgehead atoms. The summed E-state index contributed by atoms with van der Waals surface area (Å²) in [6.45, 7) is 1.11. The van der Waals surface area contributed by atoms with Crippen molar-refractivity contribution in [3.05, 3.63) is 24.3 Å². The number of methoxy groups -OCH3 is 1. The van der Waals surface area contributed by atoms with Crippen LogP contribution in [-0.2, 0) is 9.84 Å². The van der Waals surface area contributed by atoms with Crippen LogP contribution in [0.3, 0.4) is 0 Å². The van der Waals surface area contributed by atoms with Crippen LogP contribution in [0, 0.1) is 0 Å². The van der Waals surface area contributed by atoms with Crippen LogP contribution in [0.25, 0.3) is 0 Å².